The number of nitrogens with one attached hydrogen (secondary N) is 1. The fraction of sp³-hybridized carbons (Fsp3) is 0.348. The van der Waals surface area contributed by atoms with E-state index in [1.807, 2.05) is 56.3 Å². The molecular formula is C23H25N3O3S. The molecule has 1 saturated heterocycles. The molecule has 0 aliphatic carbocycles. The van der Waals surface area contributed by atoms with Crippen LogP contribution in [0.2, 0.25) is 0 Å². The summed E-state index contributed by atoms with van der Waals surface area (Å²) in [6.45, 7) is 5.68. The molecule has 1 fully saturated rings. The molecule has 0 bridgehead atoms. The second kappa shape index (κ2) is 8.93. The monoisotopic (exact) mass is 423 g/mol. The molecule has 3 aromatic rings. The predicted octanol–water partition coefficient (Wildman–Crippen LogP) is 4.60. The number of hydrogen-bond donors (Lipinski definition) is 1. The molecule has 7 heteroatoms. The van der Waals surface area contributed by atoms with Crippen LogP contribution in [-0.4, -0.2) is 35.9 Å². The molecule has 30 heavy (non-hydrogen) atoms. The fourth-order valence-corrected chi connectivity index (χ4v) is 4.60. The highest BCUT2D eigenvalue weighted by Crippen LogP contribution is 2.38. The molecule has 0 radical (unpaired) electrons. The lowest BCUT2D eigenvalue weighted by molar-refractivity contribution is -0.125. The SMILES string of the molecule is CCOc1ccccc1-c1nnc(NC(=O)C2(c3cccc(C)c3)CCOCC2)s1. The summed E-state index contributed by atoms with van der Waals surface area (Å²) < 4.78 is 11.3. The van der Waals surface area contributed by atoms with E-state index in [4.69, 9.17) is 9.47 Å². The minimum absolute atomic E-state index is 0.0582. The molecule has 0 unspecified atom stereocenters. The second-order valence-corrected chi connectivity index (χ2v) is 8.34. The summed E-state index contributed by atoms with van der Waals surface area (Å²) in [5.41, 5.74) is 2.41. The van der Waals surface area contributed by atoms with Gasteiger partial charge in [-0.3, -0.25) is 10.1 Å². The lowest BCUT2D eigenvalue weighted by atomic mass is 9.73. The third-order valence-electron chi connectivity index (χ3n) is 5.41. The topological polar surface area (TPSA) is 73.3 Å². The first-order valence-electron chi connectivity index (χ1n) is 10.1. The molecule has 1 aliphatic heterocycles. The van der Waals surface area contributed by atoms with Crippen molar-refractivity contribution >= 4 is 22.4 Å². The number of benzene rings is 2. The zero-order valence-corrected chi connectivity index (χ0v) is 18.0. The first kappa shape index (κ1) is 20.5. The molecular weight excluding hydrogens is 398 g/mol. The van der Waals surface area contributed by atoms with Crippen LogP contribution < -0.4 is 10.1 Å². The number of aryl methyl sites for hydroxylation is 1. The minimum atomic E-state index is -0.626. The van der Waals surface area contributed by atoms with Crippen LogP contribution in [0.15, 0.2) is 48.5 Å². The number of amides is 1. The molecule has 1 aromatic heterocycles. The molecule has 2 heterocycles. The van der Waals surface area contributed by atoms with Gasteiger partial charge in [-0.2, -0.15) is 0 Å². The maximum Gasteiger partial charge on any atom is 0.237 e. The van der Waals surface area contributed by atoms with Gasteiger partial charge in [-0.1, -0.05) is 53.3 Å². The van der Waals surface area contributed by atoms with Crippen molar-refractivity contribution in [2.45, 2.75) is 32.1 Å². The van der Waals surface area contributed by atoms with E-state index >= 15 is 0 Å². The number of hydrogen-bond acceptors (Lipinski definition) is 6. The van der Waals surface area contributed by atoms with Crippen molar-refractivity contribution in [1.82, 2.24) is 10.2 Å². The number of carbonyl (C=O) groups excluding carboxylic acids is 1. The van der Waals surface area contributed by atoms with Gasteiger partial charge in [0.05, 0.1) is 17.6 Å². The zero-order valence-electron chi connectivity index (χ0n) is 17.2. The molecule has 156 valence electrons. The molecule has 1 aliphatic rings. The Morgan fingerprint density at radius 2 is 1.97 bits per heavy atom. The molecule has 1 N–H and O–H groups in total. The van der Waals surface area contributed by atoms with Crippen LogP contribution in [0.3, 0.4) is 0 Å². The van der Waals surface area contributed by atoms with Crippen molar-refractivity contribution in [2.24, 2.45) is 0 Å². The van der Waals surface area contributed by atoms with E-state index in [0.717, 1.165) is 22.4 Å². The quantitative estimate of drug-likeness (QED) is 0.627. The van der Waals surface area contributed by atoms with E-state index in [0.29, 0.717) is 42.8 Å². The standard InChI is InChI=1S/C23H25N3O3S/c1-3-29-19-10-5-4-9-18(19)20-25-26-22(30-20)24-21(27)23(11-13-28-14-12-23)17-8-6-7-16(2)15-17/h4-10,15H,3,11-14H2,1-2H3,(H,24,26,27). The summed E-state index contributed by atoms with van der Waals surface area (Å²) >= 11 is 1.35. The Kier molecular flexibility index (Phi) is 6.11. The highest BCUT2D eigenvalue weighted by atomic mass is 32.1. The Hall–Kier alpha value is -2.77. The summed E-state index contributed by atoms with van der Waals surface area (Å²) in [6.07, 6.45) is 1.28. The van der Waals surface area contributed by atoms with Gasteiger partial charge >= 0.3 is 0 Å². The molecule has 0 spiro atoms. The normalized spacial score (nSPS) is 15.5. The minimum Gasteiger partial charge on any atom is -0.493 e. The number of nitrogens with zero attached hydrogens (tertiary/aromatic N) is 2. The zero-order chi connectivity index (χ0) is 21.0. The van der Waals surface area contributed by atoms with E-state index in [1.165, 1.54) is 11.3 Å². The lowest BCUT2D eigenvalue weighted by Gasteiger charge is -2.36. The third kappa shape index (κ3) is 4.08. The van der Waals surface area contributed by atoms with Crippen LogP contribution in [-0.2, 0) is 14.9 Å². The van der Waals surface area contributed by atoms with Gasteiger partial charge in [-0.15, -0.1) is 10.2 Å². The van der Waals surface area contributed by atoms with Crippen molar-refractivity contribution in [1.29, 1.82) is 0 Å². The van der Waals surface area contributed by atoms with E-state index in [1.54, 1.807) is 0 Å². The number of ether oxygens (including phenoxy) is 2. The Morgan fingerprint density at radius 3 is 2.73 bits per heavy atom. The van der Waals surface area contributed by atoms with Gasteiger partial charge in [0.2, 0.25) is 11.0 Å². The third-order valence-corrected chi connectivity index (χ3v) is 6.29. The highest BCUT2D eigenvalue weighted by Gasteiger charge is 2.42. The van der Waals surface area contributed by atoms with Crippen molar-refractivity contribution in [3.8, 4) is 16.3 Å². The first-order chi connectivity index (χ1) is 14.6. The van der Waals surface area contributed by atoms with Crippen LogP contribution in [0, 0.1) is 6.92 Å². The maximum absolute atomic E-state index is 13.5. The van der Waals surface area contributed by atoms with Crippen molar-refractivity contribution in [2.75, 3.05) is 25.1 Å². The van der Waals surface area contributed by atoms with Gasteiger partial charge < -0.3 is 9.47 Å². The van der Waals surface area contributed by atoms with Gasteiger partial charge in [0.1, 0.15) is 5.75 Å². The summed E-state index contributed by atoms with van der Waals surface area (Å²) in [5.74, 6) is 0.701. The van der Waals surface area contributed by atoms with Crippen LogP contribution in [0.4, 0.5) is 5.13 Å². The summed E-state index contributed by atoms with van der Waals surface area (Å²) in [6, 6.07) is 15.9. The molecule has 4 rings (SSSR count). The Bertz CT molecular complexity index is 1030. The molecule has 1 amide bonds. The maximum atomic E-state index is 13.5. The number of anilines is 1. The Labute approximate surface area is 180 Å². The van der Waals surface area contributed by atoms with Gasteiger partial charge in [0, 0.05) is 13.2 Å². The predicted molar refractivity (Wildman–Crippen MR) is 118 cm³/mol. The van der Waals surface area contributed by atoms with Crippen LogP contribution in [0.1, 0.15) is 30.9 Å². The van der Waals surface area contributed by atoms with Gasteiger partial charge in [-0.05, 0) is 44.4 Å². The van der Waals surface area contributed by atoms with Crippen molar-refractivity contribution in [3.63, 3.8) is 0 Å². The van der Waals surface area contributed by atoms with Crippen LogP contribution in [0.5, 0.6) is 5.75 Å². The smallest absolute Gasteiger partial charge is 0.237 e. The van der Waals surface area contributed by atoms with Crippen LogP contribution in [0.25, 0.3) is 10.6 Å². The van der Waals surface area contributed by atoms with E-state index in [9.17, 15) is 4.79 Å². The van der Waals surface area contributed by atoms with Crippen molar-refractivity contribution in [3.05, 3.63) is 59.7 Å². The summed E-state index contributed by atoms with van der Waals surface area (Å²) in [4.78, 5) is 13.5. The number of para-hydroxylation sites is 1. The summed E-state index contributed by atoms with van der Waals surface area (Å²) in [5, 5.41) is 12.7. The van der Waals surface area contributed by atoms with Crippen LogP contribution >= 0.6 is 11.3 Å². The van der Waals surface area contributed by atoms with E-state index < -0.39 is 5.41 Å². The van der Waals surface area contributed by atoms with Crippen molar-refractivity contribution < 1.29 is 14.3 Å². The lowest BCUT2D eigenvalue weighted by Crippen LogP contribution is -2.44. The number of aromatic nitrogens is 2. The average molecular weight is 424 g/mol. The van der Waals surface area contributed by atoms with Gasteiger partial charge in [0.15, 0.2) is 5.01 Å². The first-order valence-corrected chi connectivity index (χ1v) is 11.0. The summed E-state index contributed by atoms with van der Waals surface area (Å²) in [7, 11) is 0. The highest BCUT2D eigenvalue weighted by molar-refractivity contribution is 7.18. The number of carbonyl (C=O) groups is 1. The molecule has 0 saturated carbocycles. The largest absolute Gasteiger partial charge is 0.493 e. The number of rotatable bonds is 6. The Morgan fingerprint density at radius 1 is 1.17 bits per heavy atom. The average Bonchev–Trinajstić information content (AvgIpc) is 3.23. The molecule has 0 atom stereocenters. The van der Waals surface area contributed by atoms with E-state index in [2.05, 4.69) is 21.6 Å². The fourth-order valence-electron chi connectivity index (χ4n) is 3.83. The molecule has 2 aromatic carbocycles. The van der Waals surface area contributed by atoms with Gasteiger partial charge in [-0.25, -0.2) is 0 Å². The van der Waals surface area contributed by atoms with E-state index in [-0.39, 0.29) is 5.91 Å². The second-order valence-electron chi connectivity index (χ2n) is 7.36. The molecule has 6 nitrogen and oxygen atoms in total. The van der Waals surface area contributed by atoms with Gasteiger partial charge in [0.25, 0.3) is 0 Å². The Balaban J connectivity index is 1.60.